The van der Waals surface area contributed by atoms with Gasteiger partial charge in [-0.1, -0.05) is 5.11 Å². The molecule has 0 aliphatic carbocycles. The number of carbonyl (C=O) groups is 1. The molecule has 0 saturated carbocycles. The number of hydrogen-bond acceptors (Lipinski definition) is 3. The molecule has 6 heteroatoms. The lowest BCUT2D eigenvalue weighted by Crippen LogP contribution is -2.31. The fourth-order valence-corrected chi connectivity index (χ4v) is 1.60. The highest BCUT2D eigenvalue weighted by Gasteiger charge is 2.28. The van der Waals surface area contributed by atoms with E-state index >= 15 is 0 Å². The zero-order valence-corrected chi connectivity index (χ0v) is 8.13. The number of likely N-dealkylation sites (tertiary alicyclic amines) is 1. The van der Waals surface area contributed by atoms with E-state index in [-0.39, 0.29) is 24.5 Å². The van der Waals surface area contributed by atoms with Gasteiger partial charge in [0.05, 0.1) is 6.10 Å². The SMILES string of the molecule is CC(O)C1CCN(C(=O)CN=[N+]=[N-])C1. The maximum atomic E-state index is 11.4. The van der Waals surface area contributed by atoms with Crippen LogP contribution >= 0.6 is 0 Å². The first-order valence-corrected chi connectivity index (χ1v) is 4.62. The van der Waals surface area contributed by atoms with Gasteiger partial charge in [0, 0.05) is 23.9 Å². The number of carbonyl (C=O) groups excluding carboxylic acids is 1. The average molecular weight is 198 g/mol. The van der Waals surface area contributed by atoms with Gasteiger partial charge in [0.2, 0.25) is 5.91 Å². The zero-order valence-electron chi connectivity index (χ0n) is 8.13. The lowest BCUT2D eigenvalue weighted by atomic mass is 10.0. The smallest absolute Gasteiger partial charge is 0.228 e. The number of aliphatic hydroxyl groups is 1. The minimum absolute atomic E-state index is 0.122. The van der Waals surface area contributed by atoms with E-state index in [0.717, 1.165) is 6.42 Å². The van der Waals surface area contributed by atoms with Crippen LogP contribution < -0.4 is 0 Å². The van der Waals surface area contributed by atoms with Crippen molar-refractivity contribution in [2.24, 2.45) is 11.0 Å². The molecule has 2 unspecified atom stereocenters. The third kappa shape index (κ3) is 2.61. The van der Waals surface area contributed by atoms with Crippen molar-refractivity contribution >= 4 is 5.91 Å². The number of hydrogen-bond donors (Lipinski definition) is 1. The number of nitrogens with zero attached hydrogens (tertiary/aromatic N) is 4. The predicted octanol–water partition coefficient (Wildman–Crippen LogP) is 0.526. The second-order valence-electron chi connectivity index (χ2n) is 3.52. The third-order valence-electron chi connectivity index (χ3n) is 2.53. The summed E-state index contributed by atoms with van der Waals surface area (Å²) < 4.78 is 0. The molecule has 0 aromatic carbocycles. The minimum Gasteiger partial charge on any atom is -0.393 e. The molecule has 0 bridgehead atoms. The molecule has 1 heterocycles. The summed E-state index contributed by atoms with van der Waals surface area (Å²) >= 11 is 0. The average Bonchev–Trinajstić information content (AvgIpc) is 2.62. The molecule has 14 heavy (non-hydrogen) atoms. The summed E-state index contributed by atoms with van der Waals surface area (Å²) in [5, 5.41) is 12.5. The quantitative estimate of drug-likeness (QED) is 0.407. The number of azide groups is 1. The van der Waals surface area contributed by atoms with Gasteiger partial charge in [-0.2, -0.15) is 0 Å². The largest absolute Gasteiger partial charge is 0.393 e. The first-order valence-electron chi connectivity index (χ1n) is 4.62. The highest BCUT2D eigenvalue weighted by molar-refractivity contribution is 5.78. The fourth-order valence-electron chi connectivity index (χ4n) is 1.60. The molecule has 1 aliphatic heterocycles. The molecule has 0 aromatic heterocycles. The summed E-state index contributed by atoms with van der Waals surface area (Å²) in [7, 11) is 0. The summed E-state index contributed by atoms with van der Waals surface area (Å²) in [6, 6.07) is 0. The monoisotopic (exact) mass is 198 g/mol. The number of rotatable bonds is 3. The molecule has 6 nitrogen and oxygen atoms in total. The Morgan fingerprint density at radius 3 is 3.07 bits per heavy atom. The van der Waals surface area contributed by atoms with Crippen LogP contribution in [0.3, 0.4) is 0 Å². The Balaban J connectivity index is 2.41. The van der Waals surface area contributed by atoms with Gasteiger partial charge in [-0.3, -0.25) is 4.79 Å². The second kappa shape index (κ2) is 4.83. The van der Waals surface area contributed by atoms with Crippen molar-refractivity contribution in [3.05, 3.63) is 10.4 Å². The molecule has 1 N–H and O–H groups in total. The summed E-state index contributed by atoms with van der Waals surface area (Å²) in [5.74, 6) is -0.00374. The van der Waals surface area contributed by atoms with Crippen molar-refractivity contribution in [3.63, 3.8) is 0 Å². The molecule has 1 aliphatic rings. The van der Waals surface area contributed by atoms with E-state index in [1.807, 2.05) is 0 Å². The highest BCUT2D eigenvalue weighted by Crippen LogP contribution is 2.19. The first-order chi connectivity index (χ1) is 6.65. The van der Waals surface area contributed by atoms with Gasteiger partial charge in [0.15, 0.2) is 0 Å². The molecule has 0 spiro atoms. The summed E-state index contributed by atoms with van der Waals surface area (Å²) in [5.41, 5.74) is 8.05. The van der Waals surface area contributed by atoms with Gasteiger partial charge in [-0.25, -0.2) is 0 Å². The maximum Gasteiger partial charge on any atom is 0.228 e. The van der Waals surface area contributed by atoms with Gasteiger partial charge in [0.1, 0.15) is 6.54 Å². The van der Waals surface area contributed by atoms with E-state index in [4.69, 9.17) is 5.53 Å². The molecule has 78 valence electrons. The zero-order chi connectivity index (χ0) is 10.6. The Labute approximate surface area is 82.1 Å². The normalized spacial score (nSPS) is 23.0. The van der Waals surface area contributed by atoms with Crippen LogP contribution in [0.15, 0.2) is 5.11 Å². The van der Waals surface area contributed by atoms with Gasteiger partial charge in [0.25, 0.3) is 0 Å². The second-order valence-corrected chi connectivity index (χ2v) is 3.52. The topological polar surface area (TPSA) is 89.3 Å². The van der Waals surface area contributed by atoms with E-state index in [2.05, 4.69) is 10.0 Å². The molecular formula is C8H14N4O2. The molecule has 0 radical (unpaired) electrons. The van der Waals surface area contributed by atoms with Gasteiger partial charge in [-0.15, -0.1) is 0 Å². The molecular weight excluding hydrogens is 184 g/mol. The van der Waals surface area contributed by atoms with Crippen LogP contribution in [-0.4, -0.2) is 41.7 Å². The lowest BCUT2D eigenvalue weighted by Gasteiger charge is -2.16. The van der Waals surface area contributed by atoms with E-state index in [0.29, 0.717) is 13.1 Å². The van der Waals surface area contributed by atoms with Crippen LogP contribution in [0.4, 0.5) is 0 Å². The van der Waals surface area contributed by atoms with Crippen molar-refractivity contribution in [3.8, 4) is 0 Å². The van der Waals surface area contributed by atoms with Gasteiger partial charge < -0.3 is 10.0 Å². The standard InChI is InChI=1S/C8H14N4O2/c1-6(13)7-2-3-12(5-7)8(14)4-10-11-9/h6-7,13H,2-5H2,1H3. The Morgan fingerprint density at radius 1 is 1.86 bits per heavy atom. The van der Waals surface area contributed by atoms with Crippen LogP contribution in [0.5, 0.6) is 0 Å². The van der Waals surface area contributed by atoms with Gasteiger partial charge in [-0.05, 0) is 18.9 Å². The number of amides is 1. The minimum atomic E-state index is -0.382. The Kier molecular flexibility index (Phi) is 3.73. The van der Waals surface area contributed by atoms with Crippen molar-refractivity contribution < 1.29 is 9.90 Å². The molecule has 1 rings (SSSR count). The Morgan fingerprint density at radius 2 is 2.57 bits per heavy atom. The molecule has 1 saturated heterocycles. The Bertz CT molecular complexity index is 260. The molecule has 0 aromatic rings. The predicted molar refractivity (Wildman–Crippen MR) is 50.4 cm³/mol. The van der Waals surface area contributed by atoms with E-state index < -0.39 is 0 Å². The van der Waals surface area contributed by atoms with E-state index in [9.17, 15) is 9.90 Å². The maximum absolute atomic E-state index is 11.4. The first kappa shape index (κ1) is 10.8. The molecule has 1 amide bonds. The van der Waals surface area contributed by atoms with Crippen molar-refractivity contribution in [2.75, 3.05) is 19.6 Å². The molecule has 2 atom stereocenters. The van der Waals surface area contributed by atoms with Crippen molar-refractivity contribution in [1.29, 1.82) is 0 Å². The fraction of sp³-hybridized carbons (Fsp3) is 0.875. The summed E-state index contributed by atoms with van der Waals surface area (Å²) in [6.45, 7) is 2.82. The lowest BCUT2D eigenvalue weighted by molar-refractivity contribution is -0.128. The van der Waals surface area contributed by atoms with Crippen LogP contribution in [0, 0.1) is 5.92 Å². The Hall–Kier alpha value is -1.26. The van der Waals surface area contributed by atoms with E-state index in [1.54, 1.807) is 11.8 Å². The van der Waals surface area contributed by atoms with Crippen LogP contribution in [0.25, 0.3) is 10.4 Å². The van der Waals surface area contributed by atoms with Gasteiger partial charge >= 0.3 is 0 Å². The number of aliphatic hydroxyl groups excluding tert-OH is 1. The van der Waals surface area contributed by atoms with Crippen molar-refractivity contribution in [2.45, 2.75) is 19.4 Å². The van der Waals surface area contributed by atoms with Crippen LogP contribution in [0.1, 0.15) is 13.3 Å². The van der Waals surface area contributed by atoms with E-state index in [1.165, 1.54) is 0 Å². The molecule has 1 fully saturated rings. The van der Waals surface area contributed by atoms with Crippen LogP contribution in [-0.2, 0) is 4.79 Å². The summed E-state index contributed by atoms with van der Waals surface area (Å²) in [4.78, 5) is 15.5. The van der Waals surface area contributed by atoms with Crippen LogP contribution in [0.2, 0.25) is 0 Å². The van der Waals surface area contributed by atoms with Crippen molar-refractivity contribution in [1.82, 2.24) is 4.90 Å². The third-order valence-corrected chi connectivity index (χ3v) is 2.53. The highest BCUT2D eigenvalue weighted by atomic mass is 16.3. The summed E-state index contributed by atoms with van der Waals surface area (Å²) in [6.07, 6.45) is 0.437.